The van der Waals surface area contributed by atoms with E-state index >= 15 is 0 Å². The van der Waals surface area contributed by atoms with Crippen molar-refractivity contribution in [1.82, 2.24) is 0 Å². The Morgan fingerprint density at radius 1 is 1.07 bits per heavy atom. The van der Waals surface area contributed by atoms with E-state index in [1.807, 2.05) is 32.0 Å². The quantitative estimate of drug-likeness (QED) is 0.636. The Bertz CT molecular complexity index is 1100. The van der Waals surface area contributed by atoms with E-state index in [0.29, 0.717) is 35.3 Å². The molecule has 0 spiro atoms. The van der Waals surface area contributed by atoms with Crippen LogP contribution in [0.25, 0.3) is 11.0 Å². The van der Waals surface area contributed by atoms with Gasteiger partial charge in [0.2, 0.25) is 0 Å². The molecular weight excluding hydrogens is 352 g/mol. The predicted molar refractivity (Wildman–Crippen MR) is 109 cm³/mol. The molecular formula is C24H24O4. The molecule has 0 radical (unpaired) electrons. The van der Waals surface area contributed by atoms with Gasteiger partial charge in [-0.1, -0.05) is 50.6 Å². The predicted octanol–water partition coefficient (Wildman–Crippen LogP) is 5.28. The van der Waals surface area contributed by atoms with Crippen molar-refractivity contribution in [2.24, 2.45) is 0 Å². The van der Waals surface area contributed by atoms with Gasteiger partial charge < -0.3 is 9.52 Å². The molecule has 1 fully saturated rings. The largest absolute Gasteiger partial charge is 0.478 e. The lowest BCUT2D eigenvalue weighted by molar-refractivity contribution is 0.0696. The van der Waals surface area contributed by atoms with Gasteiger partial charge >= 0.3 is 5.97 Å². The highest BCUT2D eigenvalue weighted by molar-refractivity contribution is 5.96. The number of aromatic carboxylic acids is 1. The summed E-state index contributed by atoms with van der Waals surface area (Å²) in [7, 11) is 0. The van der Waals surface area contributed by atoms with Gasteiger partial charge in [-0.2, -0.15) is 0 Å². The number of hydrogen-bond acceptors (Lipinski definition) is 3. The molecule has 144 valence electrons. The maximum Gasteiger partial charge on any atom is 0.335 e. The minimum Gasteiger partial charge on any atom is -0.478 e. The molecule has 0 amide bonds. The molecule has 4 nitrogen and oxygen atoms in total. The number of rotatable bonds is 6. The number of carboxylic acids is 1. The van der Waals surface area contributed by atoms with E-state index in [9.17, 15) is 14.7 Å². The third kappa shape index (κ3) is 3.03. The number of hydrogen-bond donors (Lipinski definition) is 1. The molecule has 4 heteroatoms. The Morgan fingerprint density at radius 2 is 1.82 bits per heavy atom. The number of carboxylic acid groups (broad SMARTS) is 1. The average Bonchev–Trinajstić information content (AvgIpc) is 3.50. The summed E-state index contributed by atoms with van der Waals surface area (Å²) in [5.74, 6) is 0.371. The van der Waals surface area contributed by atoms with Gasteiger partial charge in [0.1, 0.15) is 11.3 Å². The van der Waals surface area contributed by atoms with E-state index in [4.69, 9.17) is 4.42 Å². The molecule has 1 aliphatic carbocycles. The van der Waals surface area contributed by atoms with Gasteiger partial charge in [-0.3, -0.25) is 4.79 Å². The second kappa shape index (κ2) is 7.27. The fourth-order valence-corrected chi connectivity index (χ4v) is 4.31. The minimum absolute atomic E-state index is 0.0586. The van der Waals surface area contributed by atoms with Crippen LogP contribution in [0, 0.1) is 0 Å². The zero-order valence-electron chi connectivity index (χ0n) is 16.2. The summed E-state index contributed by atoms with van der Waals surface area (Å²) >= 11 is 0. The van der Waals surface area contributed by atoms with E-state index in [2.05, 4.69) is 12.1 Å². The highest BCUT2D eigenvalue weighted by Crippen LogP contribution is 2.55. The molecule has 28 heavy (non-hydrogen) atoms. The Morgan fingerprint density at radius 3 is 2.46 bits per heavy atom. The molecule has 1 N–H and O–H groups in total. The SMILES string of the molecule is CCCc1c(C2CC2c2ccccc2)oc2ccc(C(=O)O)c(CC)c2c1=O. The Kier molecular flexibility index (Phi) is 4.80. The molecule has 0 saturated heterocycles. The summed E-state index contributed by atoms with van der Waals surface area (Å²) in [5.41, 5.74) is 3.19. The van der Waals surface area contributed by atoms with E-state index in [1.165, 1.54) is 5.56 Å². The van der Waals surface area contributed by atoms with E-state index in [-0.39, 0.29) is 16.9 Å². The van der Waals surface area contributed by atoms with Crippen LogP contribution in [0.5, 0.6) is 0 Å². The fraction of sp³-hybridized carbons (Fsp3) is 0.333. The molecule has 1 aromatic heterocycles. The zero-order valence-corrected chi connectivity index (χ0v) is 16.2. The molecule has 1 heterocycles. The monoisotopic (exact) mass is 376 g/mol. The standard InChI is InChI=1S/C24H24O4/c1-3-8-17-22(25)21-15(4-2)16(24(26)27)11-12-20(21)28-23(17)19-13-18(19)14-9-6-5-7-10-14/h5-7,9-12,18-19H,3-4,8,13H2,1-2H3,(H,26,27). The summed E-state index contributed by atoms with van der Waals surface area (Å²) in [6, 6.07) is 13.5. The van der Waals surface area contributed by atoms with Crippen molar-refractivity contribution in [2.45, 2.75) is 51.4 Å². The van der Waals surface area contributed by atoms with Crippen molar-refractivity contribution < 1.29 is 14.3 Å². The first kappa shape index (κ1) is 18.5. The summed E-state index contributed by atoms with van der Waals surface area (Å²) < 4.78 is 6.29. The Balaban J connectivity index is 1.89. The molecule has 1 saturated carbocycles. The van der Waals surface area contributed by atoms with Gasteiger partial charge in [0, 0.05) is 11.5 Å². The van der Waals surface area contributed by atoms with Crippen molar-refractivity contribution in [1.29, 1.82) is 0 Å². The summed E-state index contributed by atoms with van der Waals surface area (Å²) in [4.78, 5) is 25.0. The van der Waals surface area contributed by atoms with Crippen molar-refractivity contribution in [3.05, 3.63) is 80.7 Å². The number of benzene rings is 2. The third-order valence-electron chi connectivity index (χ3n) is 5.73. The van der Waals surface area contributed by atoms with Crippen LogP contribution >= 0.6 is 0 Å². The lowest BCUT2D eigenvalue weighted by atomic mass is 9.95. The first-order valence-electron chi connectivity index (χ1n) is 9.96. The zero-order chi connectivity index (χ0) is 19.8. The van der Waals surface area contributed by atoms with Gasteiger partial charge in [0.05, 0.1) is 10.9 Å². The van der Waals surface area contributed by atoms with Gasteiger partial charge in [-0.15, -0.1) is 0 Å². The van der Waals surface area contributed by atoms with Gasteiger partial charge in [0.15, 0.2) is 5.43 Å². The Hall–Kier alpha value is -2.88. The Labute approximate surface area is 163 Å². The van der Waals surface area contributed by atoms with Crippen molar-refractivity contribution in [3.63, 3.8) is 0 Å². The van der Waals surface area contributed by atoms with Crippen molar-refractivity contribution in [3.8, 4) is 0 Å². The summed E-state index contributed by atoms with van der Waals surface area (Å²) in [6.07, 6.45) is 2.94. The fourth-order valence-electron chi connectivity index (χ4n) is 4.31. The van der Waals surface area contributed by atoms with Crippen LogP contribution in [0.3, 0.4) is 0 Å². The van der Waals surface area contributed by atoms with Crippen LogP contribution in [-0.4, -0.2) is 11.1 Å². The van der Waals surface area contributed by atoms with Crippen LogP contribution in [0.4, 0.5) is 0 Å². The van der Waals surface area contributed by atoms with Crippen LogP contribution in [0.1, 0.15) is 71.3 Å². The lowest BCUT2D eigenvalue weighted by Gasteiger charge is -2.13. The second-order valence-corrected chi connectivity index (χ2v) is 7.51. The van der Waals surface area contributed by atoms with Gasteiger partial charge in [-0.05, 0) is 48.4 Å². The van der Waals surface area contributed by atoms with Gasteiger partial charge in [-0.25, -0.2) is 4.79 Å². The van der Waals surface area contributed by atoms with Crippen molar-refractivity contribution in [2.75, 3.05) is 0 Å². The minimum atomic E-state index is -1.01. The van der Waals surface area contributed by atoms with Gasteiger partial charge in [0.25, 0.3) is 0 Å². The summed E-state index contributed by atoms with van der Waals surface area (Å²) in [5, 5.41) is 9.94. The molecule has 2 atom stereocenters. The molecule has 3 aromatic rings. The van der Waals surface area contributed by atoms with E-state index in [0.717, 1.165) is 24.2 Å². The van der Waals surface area contributed by atoms with Crippen LogP contribution in [0.15, 0.2) is 51.7 Å². The highest BCUT2D eigenvalue weighted by Gasteiger charge is 2.43. The molecule has 2 unspecified atom stereocenters. The number of fused-ring (bicyclic) bond motifs is 1. The van der Waals surface area contributed by atoms with E-state index < -0.39 is 5.97 Å². The number of aryl methyl sites for hydroxylation is 1. The molecule has 4 rings (SSSR count). The smallest absolute Gasteiger partial charge is 0.335 e. The first-order chi connectivity index (χ1) is 13.6. The van der Waals surface area contributed by atoms with Crippen LogP contribution < -0.4 is 5.43 Å². The molecule has 0 aliphatic heterocycles. The summed E-state index contributed by atoms with van der Waals surface area (Å²) in [6.45, 7) is 3.92. The second-order valence-electron chi connectivity index (χ2n) is 7.51. The molecule has 0 bridgehead atoms. The average molecular weight is 376 g/mol. The molecule has 1 aliphatic rings. The number of carbonyl (C=O) groups is 1. The lowest BCUT2D eigenvalue weighted by Crippen LogP contribution is -2.16. The van der Waals surface area contributed by atoms with Crippen molar-refractivity contribution >= 4 is 16.9 Å². The topological polar surface area (TPSA) is 67.5 Å². The molecule has 2 aromatic carbocycles. The van der Waals surface area contributed by atoms with Crippen LogP contribution in [0.2, 0.25) is 0 Å². The van der Waals surface area contributed by atoms with E-state index in [1.54, 1.807) is 12.1 Å². The third-order valence-corrected chi connectivity index (χ3v) is 5.73. The van der Waals surface area contributed by atoms with Crippen LogP contribution in [-0.2, 0) is 12.8 Å². The maximum atomic E-state index is 13.4. The normalized spacial score (nSPS) is 18.4. The highest BCUT2D eigenvalue weighted by atomic mass is 16.4. The maximum absolute atomic E-state index is 13.4. The first-order valence-corrected chi connectivity index (χ1v) is 9.96.